The maximum absolute atomic E-state index is 13.0. The number of hydrogen-bond acceptors (Lipinski definition) is 5. The molecule has 2 aliphatic rings. The van der Waals surface area contributed by atoms with Crippen molar-refractivity contribution >= 4 is 15.7 Å². The largest absolute Gasteiger partial charge is 0.485 e. The van der Waals surface area contributed by atoms with E-state index in [1.54, 1.807) is 55.1 Å². The first-order chi connectivity index (χ1) is 13.2. The average Bonchev–Trinajstić information content (AvgIpc) is 3.08. The molecule has 0 aromatic heterocycles. The zero-order valence-corrected chi connectivity index (χ0v) is 16.6. The average molecular weight is 401 g/mol. The van der Waals surface area contributed by atoms with E-state index >= 15 is 0 Å². The van der Waals surface area contributed by atoms with E-state index in [0.29, 0.717) is 24.3 Å². The first kappa shape index (κ1) is 19.0. The Labute approximate surface area is 164 Å². The summed E-state index contributed by atoms with van der Waals surface area (Å²) in [6.45, 7) is 4.07. The highest BCUT2D eigenvalue weighted by Gasteiger charge is 2.47. The van der Waals surface area contributed by atoms with Crippen LogP contribution in [0.1, 0.15) is 38.3 Å². The van der Waals surface area contributed by atoms with Gasteiger partial charge < -0.3 is 14.7 Å². The smallest absolute Gasteiger partial charge is 0.223 e. The van der Waals surface area contributed by atoms with E-state index in [4.69, 9.17) is 4.74 Å². The first-order valence-corrected chi connectivity index (χ1v) is 10.8. The fourth-order valence-electron chi connectivity index (χ4n) is 3.95. The molecule has 0 aliphatic carbocycles. The number of rotatable bonds is 3. The van der Waals surface area contributed by atoms with Crippen LogP contribution >= 0.6 is 0 Å². The molecule has 2 atom stereocenters. The summed E-state index contributed by atoms with van der Waals surface area (Å²) in [7, 11) is -3.72. The number of nitrogens with zero attached hydrogens (tertiary/aromatic N) is 1. The highest BCUT2D eigenvalue weighted by molar-refractivity contribution is 7.91. The second-order valence-electron chi connectivity index (χ2n) is 7.80. The Hall–Kier alpha value is -2.38. The van der Waals surface area contributed by atoms with Crippen LogP contribution in [-0.4, -0.2) is 42.6 Å². The van der Waals surface area contributed by atoms with Crippen molar-refractivity contribution in [3.8, 4) is 5.75 Å². The number of hydrogen-bond donors (Lipinski definition) is 1. The van der Waals surface area contributed by atoms with Gasteiger partial charge >= 0.3 is 0 Å². The standard InChI is InChI=1S/C21H23NO5S/c1-21(2)20(24)19(22-12-6-9-18(22)23)16-13-15(10-11-17(16)27-21)28(25,26)14-7-4-3-5-8-14/h3-5,7-8,10-11,13,19-20,24H,6,9,12H2,1-2H3/t19-,20-/m0/s1. The van der Waals surface area contributed by atoms with Crippen molar-refractivity contribution in [2.45, 2.75) is 54.2 Å². The van der Waals surface area contributed by atoms with E-state index in [1.165, 1.54) is 12.1 Å². The number of likely N-dealkylation sites (tertiary alicyclic amines) is 1. The molecule has 1 N–H and O–H groups in total. The molecule has 2 heterocycles. The van der Waals surface area contributed by atoms with Gasteiger partial charge in [-0.25, -0.2) is 8.42 Å². The first-order valence-electron chi connectivity index (χ1n) is 9.32. The van der Waals surface area contributed by atoms with Gasteiger partial charge in [0.2, 0.25) is 15.7 Å². The van der Waals surface area contributed by atoms with Crippen molar-refractivity contribution in [2.75, 3.05) is 6.54 Å². The number of benzene rings is 2. The normalized spacial score (nSPS) is 24.0. The van der Waals surface area contributed by atoms with Gasteiger partial charge in [-0.3, -0.25) is 4.79 Å². The van der Waals surface area contributed by atoms with Crippen LogP contribution in [0.15, 0.2) is 58.3 Å². The van der Waals surface area contributed by atoms with Gasteiger partial charge in [0.15, 0.2) is 0 Å². The summed E-state index contributed by atoms with van der Waals surface area (Å²) >= 11 is 0. The molecule has 2 aromatic carbocycles. The molecule has 2 aromatic rings. The summed E-state index contributed by atoms with van der Waals surface area (Å²) in [6, 6.07) is 12.2. The predicted octanol–water partition coefficient (Wildman–Crippen LogP) is 2.71. The van der Waals surface area contributed by atoms with E-state index in [2.05, 4.69) is 0 Å². The molecule has 1 fully saturated rings. The van der Waals surface area contributed by atoms with Gasteiger partial charge in [-0.2, -0.15) is 0 Å². The Balaban J connectivity index is 1.85. The third kappa shape index (κ3) is 2.99. The molecule has 0 saturated carbocycles. The van der Waals surface area contributed by atoms with Crippen molar-refractivity contribution in [1.29, 1.82) is 0 Å². The van der Waals surface area contributed by atoms with Crippen molar-refractivity contribution < 1.29 is 23.1 Å². The number of aliphatic hydroxyl groups is 1. The van der Waals surface area contributed by atoms with Crippen LogP contribution in [0.25, 0.3) is 0 Å². The molecule has 1 amide bonds. The second-order valence-corrected chi connectivity index (χ2v) is 9.75. The van der Waals surface area contributed by atoms with Crippen LogP contribution in [-0.2, 0) is 14.6 Å². The molecule has 2 aliphatic heterocycles. The number of ether oxygens (including phenoxy) is 1. The number of carbonyl (C=O) groups is 1. The minimum Gasteiger partial charge on any atom is -0.485 e. The minimum atomic E-state index is -3.72. The fourth-order valence-corrected chi connectivity index (χ4v) is 5.27. The van der Waals surface area contributed by atoms with Gasteiger partial charge in [0.25, 0.3) is 0 Å². The lowest BCUT2D eigenvalue weighted by molar-refractivity contribution is -0.139. The molecule has 0 unspecified atom stereocenters. The van der Waals surface area contributed by atoms with Crippen LogP contribution in [0.5, 0.6) is 5.75 Å². The van der Waals surface area contributed by atoms with Crippen LogP contribution in [0.3, 0.4) is 0 Å². The highest BCUT2D eigenvalue weighted by Crippen LogP contribution is 2.45. The molecule has 0 spiro atoms. The summed E-state index contributed by atoms with van der Waals surface area (Å²) in [5.41, 5.74) is -0.375. The Kier molecular flexibility index (Phi) is 4.47. The topological polar surface area (TPSA) is 83.9 Å². The van der Waals surface area contributed by atoms with Gasteiger partial charge in [-0.1, -0.05) is 18.2 Å². The Morgan fingerprint density at radius 1 is 1.11 bits per heavy atom. The molecular formula is C21H23NO5S. The van der Waals surface area contributed by atoms with Gasteiger partial charge in [-0.15, -0.1) is 0 Å². The maximum Gasteiger partial charge on any atom is 0.223 e. The monoisotopic (exact) mass is 401 g/mol. The van der Waals surface area contributed by atoms with Crippen molar-refractivity contribution in [2.24, 2.45) is 0 Å². The lowest BCUT2D eigenvalue weighted by Gasteiger charge is -2.45. The van der Waals surface area contributed by atoms with E-state index in [1.807, 2.05) is 0 Å². The zero-order chi connectivity index (χ0) is 20.1. The summed E-state index contributed by atoms with van der Waals surface area (Å²) < 4.78 is 32.0. The number of amides is 1. The molecule has 0 radical (unpaired) electrons. The van der Waals surface area contributed by atoms with E-state index in [0.717, 1.165) is 6.42 Å². The minimum absolute atomic E-state index is 0.0379. The zero-order valence-electron chi connectivity index (χ0n) is 15.8. The molecule has 7 heteroatoms. The van der Waals surface area contributed by atoms with Crippen LogP contribution in [0, 0.1) is 0 Å². The van der Waals surface area contributed by atoms with Crippen molar-refractivity contribution in [3.63, 3.8) is 0 Å². The van der Waals surface area contributed by atoms with E-state index in [9.17, 15) is 18.3 Å². The third-order valence-corrected chi connectivity index (χ3v) is 7.26. The molecule has 0 bridgehead atoms. The highest BCUT2D eigenvalue weighted by atomic mass is 32.2. The summed E-state index contributed by atoms with van der Waals surface area (Å²) in [5, 5.41) is 11.0. The Morgan fingerprint density at radius 2 is 1.82 bits per heavy atom. The predicted molar refractivity (Wildman–Crippen MR) is 103 cm³/mol. The Bertz CT molecular complexity index is 1020. The summed E-state index contributed by atoms with van der Waals surface area (Å²) in [4.78, 5) is 14.4. The van der Waals surface area contributed by atoms with Gasteiger partial charge in [-0.05, 0) is 50.6 Å². The molecule has 4 rings (SSSR count). The number of fused-ring (bicyclic) bond motifs is 1. The van der Waals surface area contributed by atoms with Crippen molar-refractivity contribution in [3.05, 3.63) is 54.1 Å². The maximum atomic E-state index is 13.0. The fraction of sp³-hybridized carbons (Fsp3) is 0.381. The van der Waals surface area contributed by atoms with Crippen molar-refractivity contribution in [1.82, 2.24) is 4.90 Å². The van der Waals surface area contributed by atoms with Crippen LogP contribution < -0.4 is 4.74 Å². The summed E-state index contributed by atoms with van der Waals surface area (Å²) in [5.74, 6) is 0.455. The molecule has 6 nitrogen and oxygen atoms in total. The SMILES string of the molecule is CC1(C)Oc2ccc(S(=O)(=O)c3ccccc3)cc2[C@H](N2CCCC2=O)[C@@H]1O. The number of sulfone groups is 1. The number of aliphatic hydroxyl groups excluding tert-OH is 1. The van der Waals surface area contributed by atoms with E-state index < -0.39 is 27.6 Å². The molecule has 148 valence electrons. The lowest BCUT2D eigenvalue weighted by Crippen LogP contribution is -2.53. The van der Waals surface area contributed by atoms with Gasteiger partial charge in [0.1, 0.15) is 17.5 Å². The number of carbonyl (C=O) groups excluding carboxylic acids is 1. The van der Waals surface area contributed by atoms with E-state index in [-0.39, 0.29) is 15.7 Å². The molecular weight excluding hydrogens is 378 g/mol. The molecule has 28 heavy (non-hydrogen) atoms. The summed E-state index contributed by atoms with van der Waals surface area (Å²) in [6.07, 6.45) is 0.180. The lowest BCUT2D eigenvalue weighted by atomic mass is 9.85. The van der Waals surface area contributed by atoms with Crippen LogP contribution in [0.4, 0.5) is 0 Å². The van der Waals surface area contributed by atoms with Gasteiger partial charge in [0, 0.05) is 18.5 Å². The Morgan fingerprint density at radius 3 is 2.46 bits per heavy atom. The van der Waals surface area contributed by atoms with Crippen LogP contribution in [0.2, 0.25) is 0 Å². The molecule has 1 saturated heterocycles. The quantitative estimate of drug-likeness (QED) is 0.855. The van der Waals surface area contributed by atoms with Gasteiger partial charge in [0.05, 0.1) is 15.8 Å². The third-order valence-electron chi connectivity index (χ3n) is 5.49. The second kappa shape index (κ2) is 6.60.